The van der Waals surface area contributed by atoms with Crippen molar-refractivity contribution in [1.82, 2.24) is 15.5 Å². The molecule has 3 rings (SSSR count). The first kappa shape index (κ1) is 22.3. The zero-order chi connectivity index (χ0) is 21.3. The molecule has 2 heterocycles. The summed E-state index contributed by atoms with van der Waals surface area (Å²) in [5.74, 6) is 0.893. The van der Waals surface area contributed by atoms with Crippen LogP contribution in [0.1, 0.15) is 30.4 Å². The fourth-order valence-corrected chi connectivity index (χ4v) is 4.52. The quantitative estimate of drug-likeness (QED) is 0.677. The van der Waals surface area contributed by atoms with E-state index in [-0.39, 0.29) is 23.8 Å². The lowest BCUT2D eigenvalue weighted by molar-refractivity contribution is -0.125. The van der Waals surface area contributed by atoms with Crippen molar-refractivity contribution >= 4 is 23.2 Å². The number of nitrogens with one attached hydrogen (secondary N) is 2. The van der Waals surface area contributed by atoms with E-state index < -0.39 is 0 Å². The van der Waals surface area contributed by atoms with Gasteiger partial charge in [0.25, 0.3) is 0 Å². The fourth-order valence-electron chi connectivity index (χ4n) is 3.81. The zero-order valence-electron chi connectivity index (χ0n) is 17.7. The molecule has 6 nitrogen and oxygen atoms in total. The third kappa shape index (κ3) is 6.85. The highest BCUT2D eigenvalue weighted by atomic mass is 32.1. The Morgan fingerprint density at radius 3 is 2.63 bits per heavy atom. The summed E-state index contributed by atoms with van der Waals surface area (Å²) in [5, 5.41) is 10.3. The SMILES string of the molecule is COc1ccc(CNC(=O)[C@@H]2CC[C@H](NC(=O)CCc3ccsc3)CN(C)C2)cc1. The highest BCUT2D eigenvalue weighted by molar-refractivity contribution is 7.07. The Morgan fingerprint density at radius 1 is 1.13 bits per heavy atom. The molecule has 7 heteroatoms. The predicted molar refractivity (Wildman–Crippen MR) is 120 cm³/mol. The van der Waals surface area contributed by atoms with Crippen LogP contribution in [0.4, 0.5) is 0 Å². The van der Waals surface area contributed by atoms with Crippen LogP contribution in [0, 0.1) is 5.92 Å². The lowest BCUT2D eigenvalue weighted by Crippen LogP contribution is -2.42. The number of hydrogen-bond acceptors (Lipinski definition) is 5. The van der Waals surface area contributed by atoms with Gasteiger partial charge < -0.3 is 20.3 Å². The number of carbonyl (C=O) groups excluding carboxylic acids is 2. The van der Waals surface area contributed by atoms with Gasteiger partial charge in [-0.15, -0.1) is 0 Å². The molecule has 2 N–H and O–H groups in total. The van der Waals surface area contributed by atoms with Crippen LogP contribution < -0.4 is 15.4 Å². The number of ether oxygens (including phenoxy) is 1. The number of rotatable bonds is 8. The van der Waals surface area contributed by atoms with Gasteiger partial charge in [-0.3, -0.25) is 9.59 Å². The Balaban J connectivity index is 1.44. The molecule has 0 unspecified atom stereocenters. The molecule has 2 aromatic rings. The van der Waals surface area contributed by atoms with Gasteiger partial charge >= 0.3 is 0 Å². The molecular formula is C23H31N3O3S. The van der Waals surface area contributed by atoms with Gasteiger partial charge in [0.1, 0.15) is 5.75 Å². The van der Waals surface area contributed by atoms with Gasteiger partial charge in [-0.25, -0.2) is 0 Å². The lowest BCUT2D eigenvalue weighted by atomic mass is 10.0. The van der Waals surface area contributed by atoms with Crippen molar-refractivity contribution in [1.29, 1.82) is 0 Å². The van der Waals surface area contributed by atoms with Gasteiger partial charge in [0, 0.05) is 32.1 Å². The normalized spacial score (nSPS) is 19.7. The van der Waals surface area contributed by atoms with E-state index in [0.29, 0.717) is 19.5 Å². The summed E-state index contributed by atoms with van der Waals surface area (Å²) >= 11 is 1.66. The second-order valence-electron chi connectivity index (χ2n) is 7.96. The second-order valence-corrected chi connectivity index (χ2v) is 8.74. The van der Waals surface area contributed by atoms with E-state index in [2.05, 4.69) is 27.0 Å². The molecule has 0 saturated carbocycles. The molecule has 1 aliphatic heterocycles. The first-order valence-electron chi connectivity index (χ1n) is 10.4. The van der Waals surface area contributed by atoms with Crippen LogP contribution in [0.3, 0.4) is 0 Å². The Hall–Kier alpha value is -2.38. The molecule has 1 aliphatic rings. The summed E-state index contributed by atoms with van der Waals surface area (Å²) in [6.45, 7) is 1.98. The van der Waals surface area contributed by atoms with Crippen molar-refractivity contribution < 1.29 is 14.3 Å². The van der Waals surface area contributed by atoms with E-state index in [9.17, 15) is 9.59 Å². The molecule has 1 fully saturated rings. The van der Waals surface area contributed by atoms with Crippen LogP contribution in [0.25, 0.3) is 0 Å². The molecule has 162 valence electrons. The van der Waals surface area contributed by atoms with Crippen LogP contribution in [-0.4, -0.2) is 50.0 Å². The summed E-state index contributed by atoms with van der Waals surface area (Å²) in [7, 11) is 3.65. The average Bonchev–Trinajstić information content (AvgIpc) is 3.20. The molecule has 0 spiro atoms. The minimum atomic E-state index is -0.0686. The second kappa shape index (κ2) is 11.1. The van der Waals surface area contributed by atoms with Gasteiger partial charge in [0.15, 0.2) is 0 Å². The zero-order valence-corrected chi connectivity index (χ0v) is 18.5. The topological polar surface area (TPSA) is 70.7 Å². The Bertz CT molecular complexity index is 808. The summed E-state index contributed by atoms with van der Waals surface area (Å²) in [6.07, 6.45) is 2.86. The lowest BCUT2D eigenvalue weighted by Gasteiger charge is -2.22. The molecule has 0 bridgehead atoms. The molecule has 2 atom stereocenters. The number of benzene rings is 1. The maximum atomic E-state index is 12.7. The number of aryl methyl sites for hydroxylation is 1. The molecule has 2 amide bonds. The third-order valence-electron chi connectivity index (χ3n) is 5.51. The van der Waals surface area contributed by atoms with Crippen molar-refractivity contribution in [2.45, 2.75) is 38.3 Å². The number of hydrogen-bond donors (Lipinski definition) is 2. The first-order chi connectivity index (χ1) is 14.5. The monoisotopic (exact) mass is 429 g/mol. The number of methoxy groups -OCH3 is 1. The summed E-state index contributed by atoms with van der Waals surface area (Å²) in [6, 6.07) is 9.86. The van der Waals surface area contributed by atoms with Crippen LogP contribution in [0.2, 0.25) is 0 Å². The molecule has 0 radical (unpaired) electrons. The van der Waals surface area contributed by atoms with Gasteiger partial charge in [0.05, 0.1) is 13.0 Å². The van der Waals surface area contributed by atoms with Crippen LogP contribution in [0.5, 0.6) is 5.75 Å². The minimum absolute atomic E-state index is 0.0686. The van der Waals surface area contributed by atoms with Crippen molar-refractivity contribution in [3.8, 4) is 5.75 Å². The summed E-state index contributed by atoms with van der Waals surface area (Å²) < 4.78 is 5.16. The molecule has 30 heavy (non-hydrogen) atoms. The van der Waals surface area contributed by atoms with E-state index >= 15 is 0 Å². The van der Waals surface area contributed by atoms with Gasteiger partial charge in [-0.2, -0.15) is 11.3 Å². The minimum Gasteiger partial charge on any atom is -0.497 e. The molecule has 1 aromatic heterocycles. The standard InChI is InChI=1S/C23H31N3O3S/c1-26-14-19(23(28)24-13-17-3-8-21(29-2)9-4-17)6-7-20(15-26)25-22(27)10-5-18-11-12-30-16-18/h3-4,8-9,11-12,16,19-20H,5-7,10,13-15H2,1-2H3,(H,24,28)(H,25,27)/t19-,20+/m1/s1. The van der Waals surface area contributed by atoms with Gasteiger partial charge in [0.2, 0.25) is 11.8 Å². The predicted octanol–water partition coefficient (Wildman–Crippen LogP) is 2.83. The van der Waals surface area contributed by atoms with Crippen LogP contribution in [-0.2, 0) is 22.6 Å². The summed E-state index contributed by atoms with van der Waals surface area (Å²) in [4.78, 5) is 27.2. The van der Waals surface area contributed by atoms with E-state index in [1.54, 1.807) is 18.4 Å². The van der Waals surface area contributed by atoms with Crippen molar-refractivity contribution in [3.63, 3.8) is 0 Å². The highest BCUT2D eigenvalue weighted by Crippen LogP contribution is 2.17. The third-order valence-corrected chi connectivity index (χ3v) is 6.24. The molecular weight excluding hydrogens is 398 g/mol. The van der Waals surface area contributed by atoms with Crippen molar-refractivity contribution in [3.05, 3.63) is 52.2 Å². The summed E-state index contributed by atoms with van der Waals surface area (Å²) in [5.41, 5.74) is 2.25. The average molecular weight is 430 g/mol. The molecule has 0 aliphatic carbocycles. The maximum absolute atomic E-state index is 12.7. The number of amides is 2. The van der Waals surface area contributed by atoms with E-state index in [4.69, 9.17) is 4.74 Å². The smallest absolute Gasteiger partial charge is 0.224 e. The van der Waals surface area contributed by atoms with E-state index in [1.807, 2.05) is 36.7 Å². The van der Waals surface area contributed by atoms with Gasteiger partial charge in [-0.05, 0) is 66.4 Å². The highest BCUT2D eigenvalue weighted by Gasteiger charge is 2.27. The molecule has 1 aromatic carbocycles. The Morgan fingerprint density at radius 2 is 1.93 bits per heavy atom. The number of thiophene rings is 1. The van der Waals surface area contributed by atoms with Crippen LogP contribution in [0.15, 0.2) is 41.1 Å². The van der Waals surface area contributed by atoms with Crippen LogP contribution >= 0.6 is 11.3 Å². The first-order valence-corrected chi connectivity index (χ1v) is 11.4. The number of nitrogens with zero attached hydrogens (tertiary/aromatic N) is 1. The number of carbonyl (C=O) groups is 2. The number of likely N-dealkylation sites (N-methyl/N-ethyl adjacent to an activating group) is 1. The van der Waals surface area contributed by atoms with Crippen molar-refractivity contribution in [2.75, 3.05) is 27.2 Å². The number of likely N-dealkylation sites (tertiary alicyclic amines) is 1. The fraction of sp³-hybridized carbons (Fsp3) is 0.478. The Labute approximate surface area is 182 Å². The Kier molecular flexibility index (Phi) is 8.28. The largest absolute Gasteiger partial charge is 0.497 e. The molecule has 1 saturated heterocycles. The maximum Gasteiger partial charge on any atom is 0.224 e. The van der Waals surface area contributed by atoms with E-state index in [1.165, 1.54) is 5.56 Å². The van der Waals surface area contributed by atoms with Crippen molar-refractivity contribution in [2.24, 2.45) is 5.92 Å². The van der Waals surface area contributed by atoms with Gasteiger partial charge in [-0.1, -0.05) is 12.1 Å². The van der Waals surface area contributed by atoms with E-state index in [0.717, 1.165) is 37.1 Å².